The summed E-state index contributed by atoms with van der Waals surface area (Å²) in [5, 5.41) is 8.14. The monoisotopic (exact) mass is 360 g/mol. The first kappa shape index (κ1) is 17.0. The molecule has 0 bridgehead atoms. The van der Waals surface area contributed by atoms with Gasteiger partial charge in [0.05, 0.1) is 23.4 Å². The van der Waals surface area contributed by atoms with Gasteiger partial charge in [0.2, 0.25) is 0 Å². The molecule has 1 amide bonds. The number of carbonyl (C=O) groups is 1. The Balaban J connectivity index is 1.86. The van der Waals surface area contributed by atoms with Gasteiger partial charge in [0.15, 0.2) is 11.4 Å². The van der Waals surface area contributed by atoms with E-state index in [4.69, 9.17) is 9.40 Å². The van der Waals surface area contributed by atoms with E-state index in [1.807, 2.05) is 55.8 Å². The quantitative estimate of drug-likeness (QED) is 0.565. The zero-order valence-corrected chi connectivity index (χ0v) is 15.4. The number of rotatable bonds is 4. The highest BCUT2D eigenvalue weighted by Gasteiger charge is 2.19. The third-order valence-corrected chi connectivity index (χ3v) is 4.47. The van der Waals surface area contributed by atoms with Crippen LogP contribution in [0.2, 0.25) is 0 Å². The van der Waals surface area contributed by atoms with E-state index in [2.05, 4.69) is 10.4 Å². The van der Waals surface area contributed by atoms with E-state index >= 15 is 0 Å². The molecule has 1 aromatic carbocycles. The predicted octanol–water partition coefficient (Wildman–Crippen LogP) is 4.83. The molecule has 4 rings (SSSR count). The van der Waals surface area contributed by atoms with Crippen LogP contribution in [-0.2, 0) is 0 Å². The Morgan fingerprint density at radius 2 is 2.00 bits per heavy atom. The molecule has 0 aliphatic carbocycles. The van der Waals surface area contributed by atoms with E-state index in [9.17, 15) is 4.79 Å². The molecule has 3 heterocycles. The SMILES string of the molecule is Cc1ccccc1NC(=O)c1cc(-c2ccco2)nc2c1cnn2C(C)C. The predicted molar refractivity (Wildman–Crippen MR) is 105 cm³/mol. The zero-order valence-electron chi connectivity index (χ0n) is 15.4. The van der Waals surface area contributed by atoms with Crippen LogP contribution >= 0.6 is 0 Å². The van der Waals surface area contributed by atoms with Crippen molar-refractivity contribution in [3.63, 3.8) is 0 Å². The van der Waals surface area contributed by atoms with Crippen molar-refractivity contribution >= 4 is 22.6 Å². The van der Waals surface area contributed by atoms with Crippen LogP contribution in [0, 0.1) is 6.92 Å². The van der Waals surface area contributed by atoms with Crippen LogP contribution in [0.5, 0.6) is 0 Å². The lowest BCUT2D eigenvalue weighted by atomic mass is 10.1. The summed E-state index contributed by atoms with van der Waals surface area (Å²) in [4.78, 5) is 17.8. The highest BCUT2D eigenvalue weighted by Crippen LogP contribution is 2.27. The number of furan rings is 1. The Bertz CT molecular complexity index is 1110. The lowest BCUT2D eigenvalue weighted by molar-refractivity contribution is 0.102. The second-order valence-electron chi connectivity index (χ2n) is 6.72. The number of fused-ring (bicyclic) bond motifs is 1. The maximum Gasteiger partial charge on any atom is 0.256 e. The molecule has 0 spiro atoms. The summed E-state index contributed by atoms with van der Waals surface area (Å²) < 4.78 is 7.31. The fourth-order valence-corrected chi connectivity index (χ4v) is 3.04. The van der Waals surface area contributed by atoms with E-state index in [1.165, 1.54) is 0 Å². The molecule has 0 aliphatic rings. The van der Waals surface area contributed by atoms with Gasteiger partial charge in [-0.05, 0) is 50.6 Å². The molecule has 6 nitrogen and oxygen atoms in total. The lowest BCUT2D eigenvalue weighted by Crippen LogP contribution is -2.14. The molecule has 1 N–H and O–H groups in total. The summed E-state index contributed by atoms with van der Waals surface area (Å²) in [5.41, 5.74) is 3.56. The molecule has 4 aromatic rings. The molecule has 6 heteroatoms. The summed E-state index contributed by atoms with van der Waals surface area (Å²) in [7, 11) is 0. The van der Waals surface area contributed by atoms with Crippen molar-refractivity contribution in [3.05, 3.63) is 66.1 Å². The van der Waals surface area contributed by atoms with E-state index in [0.717, 1.165) is 11.3 Å². The number of nitrogens with zero attached hydrogens (tertiary/aromatic N) is 3. The summed E-state index contributed by atoms with van der Waals surface area (Å²) in [6, 6.07) is 13.2. The standard InChI is InChI=1S/C21H20N4O2/c1-13(2)25-20-16(12-22-25)15(11-18(23-20)19-9-6-10-27-19)21(26)24-17-8-5-4-7-14(17)3/h4-13H,1-3H3,(H,24,26). The van der Waals surface area contributed by atoms with E-state index in [1.54, 1.807) is 24.6 Å². The van der Waals surface area contributed by atoms with Crippen molar-refractivity contribution in [1.82, 2.24) is 14.8 Å². The summed E-state index contributed by atoms with van der Waals surface area (Å²) >= 11 is 0. The first-order valence-electron chi connectivity index (χ1n) is 8.83. The van der Waals surface area contributed by atoms with Gasteiger partial charge < -0.3 is 9.73 Å². The van der Waals surface area contributed by atoms with Gasteiger partial charge in [0.25, 0.3) is 5.91 Å². The van der Waals surface area contributed by atoms with Crippen LogP contribution in [0.15, 0.2) is 59.3 Å². The molecule has 0 fully saturated rings. The molecule has 136 valence electrons. The number of carbonyl (C=O) groups excluding carboxylic acids is 1. The minimum absolute atomic E-state index is 0.120. The number of aryl methyl sites for hydroxylation is 1. The Kier molecular flexibility index (Phi) is 4.24. The Labute approximate surface area is 156 Å². The number of amides is 1. The first-order chi connectivity index (χ1) is 13.0. The minimum atomic E-state index is -0.201. The van der Waals surface area contributed by atoms with Crippen molar-refractivity contribution in [3.8, 4) is 11.5 Å². The topological polar surface area (TPSA) is 73.0 Å². The molecule has 0 atom stereocenters. The summed E-state index contributed by atoms with van der Waals surface area (Å²) in [5.74, 6) is 0.408. The second-order valence-corrected chi connectivity index (χ2v) is 6.72. The zero-order chi connectivity index (χ0) is 19.0. The van der Waals surface area contributed by atoms with Crippen molar-refractivity contribution < 1.29 is 9.21 Å². The number of nitrogens with one attached hydrogen (secondary N) is 1. The highest BCUT2D eigenvalue weighted by molar-refractivity contribution is 6.12. The summed E-state index contributed by atoms with van der Waals surface area (Å²) in [6.45, 7) is 6.02. The smallest absolute Gasteiger partial charge is 0.256 e. The fourth-order valence-electron chi connectivity index (χ4n) is 3.04. The minimum Gasteiger partial charge on any atom is -0.463 e. The van der Waals surface area contributed by atoms with Gasteiger partial charge in [-0.3, -0.25) is 4.79 Å². The molecule has 0 saturated carbocycles. The van der Waals surface area contributed by atoms with E-state index < -0.39 is 0 Å². The van der Waals surface area contributed by atoms with Crippen molar-refractivity contribution in [2.24, 2.45) is 0 Å². The average Bonchev–Trinajstić information content (AvgIpc) is 3.32. The van der Waals surface area contributed by atoms with Gasteiger partial charge in [0.1, 0.15) is 5.69 Å². The van der Waals surface area contributed by atoms with Crippen LogP contribution in [-0.4, -0.2) is 20.7 Å². The molecular formula is C21H20N4O2. The number of hydrogen-bond donors (Lipinski definition) is 1. The number of benzene rings is 1. The van der Waals surface area contributed by atoms with Crippen molar-refractivity contribution in [1.29, 1.82) is 0 Å². The third kappa shape index (κ3) is 3.10. The van der Waals surface area contributed by atoms with Crippen LogP contribution in [0.1, 0.15) is 35.8 Å². The number of para-hydroxylation sites is 1. The van der Waals surface area contributed by atoms with E-state index in [-0.39, 0.29) is 11.9 Å². The maximum atomic E-state index is 13.1. The first-order valence-corrected chi connectivity index (χ1v) is 8.83. The van der Waals surface area contributed by atoms with Crippen molar-refractivity contribution in [2.75, 3.05) is 5.32 Å². The normalized spacial score (nSPS) is 11.3. The van der Waals surface area contributed by atoms with Crippen molar-refractivity contribution in [2.45, 2.75) is 26.8 Å². The molecule has 27 heavy (non-hydrogen) atoms. The van der Waals surface area contributed by atoms with Crippen LogP contribution in [0.4, 0.5) is 5.69 Å². The van der Waals surface area contributed by atoms with Gasteiger partial charge in [-0.2, -0.15) is 5.10 Å². The summed E-state index contributed by atoms with van der Waals surface area (Å²) in [6.07, 6.45) is 3.29. The molecule has 3 aromatic heterocycles. The van der Waals surface area contributed by atoms with Crippen LogP contribution in [0.3, 0.4) is 0 Å². The van der Waals surface area contributed by atoms with E-state index in [0.29, 0.717) is 28.1 Å². The van der Waals surface area contributed by atoms with Gasteiger partial charge in [-0.15, -0.1) is 0 Å². The maximum absolute atomic E-state index is 13.1. The van der Waals surface area contributed by atoms with Crippen LogP contribution < -0.4 is 5.32 Å². The Morgan fingerprint density at radius 3 is 2.70 bits per heavy atom. The lowest BCUT2D eigenvalue weighted by Gasteiger charge is -2.11. The second kappa shape index (κ2) is 6.72. The Morgan fingerprint density at radius 1 is 1.19 bits per heavy atom. The molecule has 0 aliphatic heterocycles. The third-order valence-electron chi connectivity index (χ3n) is 4.47. The van der Waals surface area contributed by atoms with Gasteiger partial charge in [-0.25, -0.2) is 9.67 Å². The fraction of sp³-hybridized carbons (Fsp3) is 0.190. The van der Waals surface area contributed by atoms with Gasteiger partial charge in [-0.1, -0.05) is 18.2 Å². The van der Waals surface area contributed by atoms with Gasteiger partial charge in [0, 0.05) is 11.7 Å². The van der Waals surface area contributed by atoms with Crippen LogP contribution in [0.25, 0.3) is 22.5 Å². The number of pyridine rings is 1. The highest BCUT2D eigenvalue weighted by atomic mass is 16.3. The Hall–Kier alpha value is -3.41. The molecule has 0 radical (unpaired) electrons. The number of hydrogen-bond acceptors (Lipinski definition) is 4. The number of anilines is 1. The molecule has 0 saturated heterocycles. The number of aromatic nitrogens is 3. The molecule has 0 unspecified atom stereocenters. The van der Waals surface area contributed by atoms with Gasteiger partial charge >= 0.3 is 0 Å². The molecular weight excluding hydrogens is 340 g/mol. The largest absolute Gasteiger partial charge is 0.463 e. The average molecular weight is 360 g/mol.